The molecule has 6 nitrogen and oxygen atoms in total. The zero-order chi connectivity index (χ0) is 14.5. The Kier molecular flexibility index (Phi) is 4.70. The lowest BCUT2D eigenvalue weighted by atomic mass is 10.0. The molecule has 0 aliphatic carbocycles. The maximum absolute atomic E-state index is 12.0. The van der Waals surface area contributed by atoms with Crippen LogP contribution in [0.3, 0.4) is 0 Å². The van der Waals surface area contributed by atoms with E-state index in [1.165, 1.54) is 0 Å². The number of hydrogen-bond acceptors (Lipinski definition) is 4. The van der Waals surface area contributed by atoms with Crippen LogP contribution in [-0.4, -0.2) is 42.3 Å². The molecule has 1 saturated heterocycles. The van der Waals surface area contributed by atoms with Gasteiger partial charge in [-0.25, -0.2) is 4.79 Å². The van der Waals surface area contributed by atoms with Gasteiger partial charge in [-0.05, 0) is 5.56 Å². The maximum atomic E-state index is 12.0. The number of carboxylic acids is 1. The summed E-state index contributed by atoms with van der Waals surface area (Å²) in [6, 6.07) is 7.83. The van der Waals surface area contributed by atoms with Crippen LogP contribution in [0, 0.1) is 5.92 Å². The Morgan fingerprint density at radius 2 is 2.05 bits per heavy atom. The topological polar surface area (TPSA) is 102 Å². The maximum Gasteiger partial charge on any atom is 0.326 e. The Balaban J connectivity index is 1.99. The van der Waals surface area contributed by atoms with Crippen molar-refractivity contribution in [1.82, 2.24) is 5.32 Å². The molecule has 4 N–H and O–H groups in total. The van der Waals surface area contributed by atoms with Crippen molar-refractivity contribution in [1.29, 1.82) is 0 Å². The molecule has 1 aromatic carbocycles. The number of carbonyl (C=O) groups is 2. The Hall–Kier alpha value is -1.92. The van der Waals surface area contributed by atoms with E-state index in [1.54, 1.807) is 0 Å². The first-order chi connectivity index (χ1) is 9.58. The van der Waals surface area contributed by atoms with Gasteiger partial charge in [-0.2, -0.15) is 0 Å². The lowest BCUT2D eigenvalue weighted by molar-refractivity contribution is -0.142. The molecule has 108 valence electrons. The van der Waals surface area contributed by atoms with Crippen molar-refractivity contribution >= 4 is 11.9 Å². The molecule has 2 unspecified atom stereocenters. The summed E-state index contributed by atoms with van der Waals surface area (Å²) < 4.78 is 5.12. The number of benzene rings is 1. The number of carboxylic acid groups (broad SMARTS) is 1. The van der Waals surface area contributed by atoms with Crippen molar-refractivity contribution in [2.24, 2.45) is 11.7 Å². The highest BCUT2D eigenvalue weighted by Crippen LogP contribution is 2.12. The molecule has 0 bridgehead atoms. The molecule has 0 saturated carbocycles. The van der Waals surface area contributed by atoms with Crippen LogP contribution in [0.1, 0.15) is 5.56 Å². The van der Waals surface area contributed by atoms with Gasteiger partial charge < -0.3 is 20.9 Å². The fourth-order valence-corrected chi connectivity index (χ4v) is 2.17. The van der Waals surface area contributed by atoms with Crippen LogP contribution in [0.2, 0.25) is 0 Å². The molecule has 1 aliphatic heterocycles. The number of aliphatic carboxylic acids is 1. The van der Waals surface area contributed by atoms with Crippen LogP contribution >= 0.6 is 0 Å². The minimum atomic E-state index is -1.06. The second-order valence-electron chi connectivity index (χ2n) is 4.90. The van der Waals surface area contributed by atoms with E-state index in [0.717, 1.165) is 5.56 Å². The largest absolute Gasteiger partial charge is 0.480 e. The van der Waals surface area contributed by atoms with E-state index in [0.29, 0.717) is 6.61 Å². The molecular weight excluding hydrogens is 260 g/mol. The van der Waals surface area contributed by atoms with Gasteiger partial charge in [0, 0.05) is 12.5 Å². The number of nitrogens with one attached hydrogen (secondary N) is 1. The van der Waals surface area contributed by atoms with Gasteiger partial charge in [-0.3, -0.25) is 4.79 Å². The third-order valence-corrected chi connectivity index (χ3v) is 3.36. The number of nitrogens with two attached hydrogens (primary N) is 1. The van der Waals surface area contributed by atoms with Crippen molar-refractivity contribution in [3.63, 3.8) is 0 Å². The molecule has 1 aliphatic rings. The summed E-state index contributed by atoms with van der Waals surface area (Å²) in [5.74, 6) is -1.90. The SMILES string of the molecule is NC1COCC1C(=O)N[C@H](Cc1ccccc1)C(=O)O. The monoisotopic (exact) mass is 278 g/mol. The summed E-state index contributed by atoms with van der Waals surface area (Å²) >= 11 is 0. The summed E-state index contributed by atoms with van der Waals surface area (Å²) in [5.41, 5.74) is 6.60. The van der Waals surface area contributed by atoms with Gasteiger partial charge in [0.1, 0.15) is 6.04 Å². The second-order valence-corrected chi connectivity index (χ2v) is 4.90. The highest BCUT2D eigenvalue weighted by molar-refractivity contribution is 5.85. The molecular formula is C14H18N2O4. The van der Waals surface area contributed by atoms with Gasteiger partial charge >= 0.3 is 5.97 Å². The zero-order valence-electron chi connectivity index (χ0n) is 11.0. The van der Waals surface area contributed by atoms with Crippen LogP contribution in [0.5, 0.6) is 0 Å². The van der Waals surface area contributed by atoms with E-state index in [4.69, 9.17) is 10.5 Å². The van der Waals surface area contributed by atoms with Crippen LogP contribution < -0.4 is 11.1 Å². The summed E-state index contributed by atoms with van der Waals surface area (Å²) in [4.78, 5) is 23.3. The Labute approximate surface area is 116 Å². The van der Waals surface area contributed by atoms with Crippen LogP contribution in [0.15, 0.2) is 30.3 Å². The van der Waals surface area contributed by atoms with E-state index < -0.39 is 17.9 Å². The van der Waals surface area contributed by atoms with Crippen LogP contribution in [-0.2, 0) is 20.7 Å². The van der Waals surface area contributed by atoms with E-state index in [1.807, 2.05) is 30.3 Å². The number of hydrogen-bond donors (Lipinski definition) is 3. The van der Waals surface area contributed by atoms with Gasteiger partial charge in [0.15, 0.2) is 0 Å². The van der Waals surface area contributed by atoms with E-state index in [2.05, 4.69) is 5.32 Å². The second kappa shape index (κ2) is 6.49. The third-order valence-electron chi connectivity index (χ3n) is 3.36. The molecule has 6 heteroatoms. The standard InChI is InChI=1S/C14H18N2O4/c15-11-8-20-7-10(11)13(17)16-12(14(18)19)6-9-4-2-1-3-5-9/h1-5,10-12H,6-8,15H2,(H,16,17)(H,18,19)/t10?,11?,12-/m1/s1. The van der Waals surface area contributed by atoms with Crippen LogP contribution in [0.25, 0.3) is 0 Å². The lowest BCUT2D eigenvalue weighted by Gasteiger charge is -2.18. The van der Waals surface area contributed by atoms with Gasteiger partial charge in [-0.15, -0.1) is 0 Å². The van der Waals surface area contributed by atoms with Crippen molar-refractivity contribution in [3.8, 4) is 0 Å². The summed E-state index contributed by atoms with van der Waals surface area (Å²) in [7, 11) is 0. The predicted octanol–water partition coefficient (Wildman–Crippen LogP) is -0.228. The minimum absolute atomic E-state index is 0.241. The Bertz CT molecular complexity index is 477. The molecule has 3 atom stereocenters. The first-order valence-corrected chi connectivity index (χ1v) is 6.48. The average Bonchev–Trinajstić information content (AvgIpc) is 2.85. The number of rotatable bonds is 5. The molecule has 0 spiro atoms. The molecule has 1 aromatic rings. The average molecular weight is 278 g/mol. The molecule has 1 fully saturated rings. The fourth-order valence-electron chi connectivity index (χ4n) is 2.17. The minimum Gasteiger partial charge on any atom is -0.480 e. The molecule has 2 rings (SSSR count). The van der Waals surface area contributed by atoms with Gasteiger partial charge in [0.05, 0.1) is 19.1 Å². The third kappa shape index (κ3) is 3.55. The predicted molar refractivity (Wildman–Crippen MR) is 72.0 cm³/mol. The molecule has 0 radical (unpaired) electrons. The number of amides is 1. The fraction of sp³-hybridized carbons (Fsp3) is 0.429. The van der Waals surface area contributed by atoms with Crippen LogP contribution in [0.4, 0.5) is 0 Å². The Morgan fingerprint density at radius 3 is 2.60 bits per heavy atom. The smallest absolute Gasteiger partial charge is 0.326 e. The van der Waals surface area contributed by atoms with Gasteiger partial charge in [0.2, 0.25) is 5.91 Å². The molecule has 1 heterocycles. The summed E-state index contributed by atoms with van der Waals surface area (Å²) in [6.07, 6.45) is 0.241. The van der Waals surface area contributed by atoms with E-state index in [9.17, 15) is 14.7 Å². The van der Waals surface area contributed by atoms with Crippen molar-refractivity contribution < 1.29 is 19.4 Å². The first kappa shape index (κ1) is 14.5. The first-order valence-electron chi connectivity index (χ1n) is 6.48. The highest BCUT2D eigenvalue weighted by atomic mass is 16.5. The number of carbonyl (C=O) groups excluding carboxylic acids is 1. The summed E-state index contributed by atoms with van der Waals surface area (Å²) in [5, 5.41) is 11.8. The Morgan fingerprint density at radius 1 is 1.35 bits per heavy atom. The molecule has 0 aromatic heterocycles. The van der Waals surface area contributed by atoms with E-state index >= 15 is 0 Å². The van der Waals surface area contributed by atoms with Crippen molar-refractivity contribution in [3.05, 3.63) is 35.9 Å². The normalized spacial score (nSPS) is 23.2. The lowest BCUT2D eigenvalue weighted by Crippen LogP contribution is -2.48. The van der Waals surface area contributed by atoms with Crippen molar-refractivity contribution in [2.45, 2.75) is 18.5 Å². The number of ether oxygens (including phenoxy) is 1. The van der Waals surface area contributed by atoms with E-state index in [-0.39, 0.29) is 25.0 Å². The van der Waals surface area contributed by atoms with Gasteiger partial charge in [0.25, 0.3) is 0 Å². The van der Waals surface area contributed by atoms with Crippen molar-refractivity contribution in [2.75, 3.05) is 13.2 Å². The quantitative estimate of drug-likeness (QED) is 0.690. The summed E-state index contributed by atoms with van der Waals surface area (Å²) in [6.45, 7) is 0.569. The molecule has 1 amide bonds. The zero-order valence-corrected chi connectivity index (χ0v) is 11.0. The highest BCUT2D eigenvalue weighted by Gasteiger charge is 2.33. The molecule has 20 heavy (non-hydrogen) atoms. The van der Waals surface area contributed by atoms with Gasteiger partial charge in [-0.1, -0.05) is 30.3 Å².